The normalized spacial score (nSPS) is 22.0. The molecule has 5 heteroatoms. The van der Waals surface area contributed by atoms with E-state index in [2.05, 4.69) is 10.5 Å². The number of nitrogens with one attached hydrogen (secondary N) is 1. The maximum atomic E-state index is 11.9. The Morgan fingerprint density at radius 2 is 1.65 bits per heavy atom. The lowest BCUT2D eigenvalue weighted by atomic mass is 9.97. The molecule has 3 nitrogen and oxygen atoms in total. The highest BCUT2D eigenvalue weighted by Gasteiger charge is 2.66. The number of hydrogen-bond acceptors (Lipinski definition) is 2. The summed E-state index contributed by atoms with van der Waals surface area (Å²) in [5.41, 5.74) is 3.93. The van der Waals surface area contributed by atoms with E-state index in [0.717, 1.165) is 11.1 Å². The van der Waals surface area contributed by atoms with Crippen LogP contribution in [0.1, 0.15) is 17.5 Å². The Kier molecular flexibility index (Phi) is 4.42. The lowest BCUT2D eigenvalue weighted by Gasteiger charge is -2.13. The summed E-state index contributed by atoms with van der Waals surface area (Å²) in [5.74, 6) is -0.175. The van der Waals surface area contributed by atoms with Gasteiger partial charge in [-0.1, -0.05) is 60.7 Å². The minimum Gasteiger partial charge on any atom is -0.273 e. The zero-order valence-electron chi connectivity index (χ0n) is 12.4. The predicted molar refractivity (Wildman–Crippen MR) is 94.0 cm³/mol. The number of carbonyl (C=O) groups excluding carboxylic acids is 1. The van der Waals surface area contributed by atoms with Crippen molar-refractivity contribution in [1.29, 1.82) is 0 Å². The average molecular weight is 347 g/mol. The van der Waals surface area contributed by atoms with E-state index < -0.39 is 9.75 Å². The quantitative estimate of drug-likeness (QED) is 0.498. The highest BCUT2D eigenvalue weighted by molar-refractivity contribution is 6.53. The molecular formula is C18H16Cl2N2O. The van der Waals surface area contributed by atoms with Gasteiger partial charge in [-0.25, -0.2) is 5.43 Å². The molecule has 2 aromatic carbocycles. The van der Waals surface area contributed by atoms with Gasteiger partial charge in [0.1, 0.15) is 4.33 Å². The van der Waals surface area contributed by atoms with E-state index in [1.165, 1.54) is 0 Å². The summed E-state index contributed by atoms with van der Waals surface area (Å²) in [6, 6.07) is 19.2. The summed E-state index contributed by atoms with van der Waals surface area (Å²) < 4.78 is -0.887. The highest BCUT2D eigenvalue weighted by Crippen LogP contribution is 2.63. The third-order valence-corrected chi connectivity index (χ3v) is 4.94. The molecule has 1 fully saturated rings. The molecule has 1 aliphatic carbocycles. The van der Waals surface area contributed by atoms with Crippen molar-refractivity contribution in [2.45, 2.75) is 22.6 Å². The van der Waals surface area contributed by atoms with Gasteiger partial charge in [0, 0.05) is 6.21 Å². The van der Waals surface area contributed by atoms with Gasteiger partial charge in [-0.15, -0.1) is 23.2 Å². The molecule has 1 N–H and O–H groups in total. The zero-order chi connectivity index (χ0) is 16.3. The number of alkyl halides is 2. The Labute approximate surface area is 145 Å². The summed E-state index contributed by atoms with van der Waals surface area (Å²) in [6.07, 6.45) is 2.50. The van der Waals surface area contributed by atoms with E-state index in [4.69, 9.17) is 23.2 Å². The first-order valence-corrected chi connectivity index (χ1v) is 8.09. The molecule has 0 aliphatic heterocycles. The zero-order valence-corrected chi connectivity index (χ0v) is 13.9. The maximum absolute atomic E-state index is 11.9. The van der Waals surface area contributed by atoms with Crippen LogP contribution in [0.15, 0.2) is 65.8 Å². The van der Waals surface area contributed by atoms with Crippen LogP contribution in [0.5, 0.6) is 0 Å². The van der Waals surface area contributed by atoms with Crippen molar-refractivity contribution in [3.63, 3.8) is 0 Å². The van der Waals surface area contributed by atoms with E-state index >= 15 is 0 Å². The van der Waals surface area contributed by atoms with Crippen LogP contribution in [0, 0.1) is 0 Å². The Hall–Kier alpha value is -1.84. The van der Waals surface area contributed by atoms with Crippen molar-refractivity contribution >= 4 is 35.3 Å². The molecule has 3 rings (SSSR count). The van der Waals surface area contributed by atoms with Crippen LogP contribution < -0.4 is 5.43 Å². The molecule has 1 unspecified atom stereocenters. The third kappa shape index (κ3) is 3.41. The van der Waals surface area contributed by atoms with Crippen LogP contribution in [0.4, 0.5) is 0 Å². The molecule has 0 radical (unpaired) electrons. The molecule has 1 atom stereocenters. The van der Waals surface area contributed by atoms with Crippen LogP contribution in [-0.2, 0) is 16.6 Å². The van der Waals surface area contributed by atoms with Crippen molar-refractivity contribution in [3.8, 4) is 0 Å². The van der Waals surface area contributed by atoms with Crippen LogP contribution in [0.3, 0.4) is 0 Å². The van der Waals surface area contributed by atoms with Gasteiger partial charge in [0.05, 0.1) is 11.8 Å². The highest BCUT2D eigenvalue weighted by atomic mass is 35.5. The molecule has 1 saturated carbocycles. The van der Waals surface area contributed by atoms with E-state index in [1.54, 1.807) is 6.21 Å². The number of carbonyl (C=O) groups is 1. The molecule has 1 aliphatic rings. The first-order chi connectivity index (χ1) is 11.0. The summed E-state index contributed by atoms with van der Waals surface area (Å²) >= 11 is 12.6. The number of halogens is 2. The fourth-order valence-corrected chi connectivity index (χ4v) is 3.34. The summed E-state index contributed by atoms with van der Waals surface area (Å²) in [7, 11) is 0. The number of benzene rings is 2. The maximum Gasteiger partial charge on any atom is 0.244 e. The molecule has 1 amide bonds. The number of amides is 1. The van der Waals surface area contributed by atoms with Crippen molar-refractivity contribution in [1.82, 2.24) is 5.43 Å². The molecule has 0 heterocycles. The smallest absolute Gasteiger partial charge is 0.244 e. The van der Waals surface area contributed by atoms with Gasteiger partial charge < -0.3 is 0 Å². The van der Waals surface area contributed by atoms with Gasteiger partial charge in [0.15, 0.2) is 0 Å². The molecule has 0 aromatic heterocycles. The van der Waals surface area contributed by atoms with Crippen molar-refractivity contribution in [2.24, 2.45) is 5.10 Å². The van der Waals surface area contributed by atoms with E-state index in [0.29, 0.717) is 6.42 Å². The fourth-order valence-electron chi connectivity index (χ4n) is 2.60. The van der Waals surface area contributed by atoms with Gasteiger partial charge in [-0.2, -0.15) is 5.10 Å². The first kappa shape index (κ1) is 16.0. The minimum atomic E-state index is -0.887. The Morgan fingerprint density at radius 1 is 1.09 bits per heavy atom. The van der Waals surface area contributed by atoms with Crippen molar-refractivity contribution in [3.05, 3.63) is 71.8 Å². The van der Waals surface area contributed by atoms with Crippen LogP contribution in [0.25, 0.3) is 0 Å². The Bertz CT molecular complexity index is 716. The van der Waals surface area contributed by atoms with Gasteiger partial charge in [-0.05, 0) is 17.5 Å². The van der Waals surface area contributed by atoms with E-state index in [-0.39, 0.29) is 12.3 Å². The molecule has 0 spiro atoms. The van der Waals surface area contributed by atoms with E-state index in [1.807, 2.05) is 60.7 Å². The van der Waals surface area contributed by atoms with Gasteiger partial charge in [0.25, 0.3) is 0 Å². The first-order valence-electron chi connectivity index (χ1n) is 7.34. The minimum absolute atomic E-state index is 0.175. The molecule has 0 bridgehead atoms. The van der Waals surface area contributed by atoms with Crippen LogP contribution >= 0.6 is 23.2 Å². The lowest BCUT2D eigenvalue weighted by Crippen LogP contribution is -2.23. The van der Waals surface area contributed by atoms with Gasteiger partial charge >= 0.3 is 0 Å². The second kappa shape index (κ2) is 6.34. The second-order valence-electron chi connectivity index (χ2n) is 5.67. The number of hydrazone groups is 1. The summed E-state index contributed by atoms with van der Waals surface area (Å²) in [4.78, 5) is 11.9. The molecule has 118 valence electrons. The molecular weight excluding hydrogens is 331 g/mol. The van der Waals surface area contributed by atoms with Crippen LogP contribution in [0.2, 0.25) is 0 Å². The summed E-state index contributed by atoms with van der Waals surface area (Å²) in [6.45, 7) is 0. The third-order valence-electron chi connectivity index (χ3n) is 4.00. The Balaban J connectivity index is 1.66. The molecule has 0 saturated heterocycles. The van der Waals surface area contributed by atoms with Crippen LogP contribution in [-0.4, -0.2) is 16.5 Å². The lowest BCUT2D eigenvalue weighted by molar-refractivity contribution is -0.120. The van der Waals surface area contributed by atoms with Crippen molar-refractivity contribution < 1.29 is 4.79 Å². The Morgan fingerprint density at radius 3 is 2.22 bits per heavy atom. The topological polar surface area (TPSA) is 41.5 Å². The standard InChI is InChI=1S/C18H16Cl2N2O/c19-18(20)12-17(18,15-9-5-2-6-10-15)13-21-22-16(23)11-14-7-3-1-4-8-14/h1-10,13H,11-12H2,(H,22,23)/b21-13+. The van der Waals surface area contributed by atoms with Gasteiger partial charge in [-0.3, -0.25) is 4.79 Å². The van der Waals surface area contributed by atoms with Crippen molar-refractivity contribution in [2.75, 3.05) is 0 Å². The predicted octanol–water partition coefficient (Wildman–Crippen LogP) is 3.85. The monoisotopic (exact) mass is 346 g/mol. The SMILES string of the molecule is O=C(Cc1ccccc1)N/N=C/C1(c2ccccc2)CC1(Cl)Cl. The average Bonchev–Trinajstić information content (AvgIpc) is 3.12. The summed E-state index contributed by atoms with van der Waals surface area (Å²) in [5, 5.41) is 4.08. The molecule has 2 aromatic rings. The van der Waals surface area contributed by atoms with Gasteiger partial charge in [0.2, 0.25) is 5.91 Å². The van der Waals surface area contributed by atoms with E-state index in [9.17, 15) is 4.79 Å². The number of rotatable bonds is 5. The largest absolute Gasteiger partial charge is 0.273 e. The number of hydrogen-bond donors (Lipinski definition) is 1. The fraction of sp³-hybridized carbons (Fsp3) is 0.222. The number of nitrogens with zero attached hydrogens (tertiary/aromatic N) is 1. The molecule has 23 heavy (non-hydrogen) atoms. The second-order valence-corrected chi connectivity index (χ2v) is 7.16.